The second-order valence-corrected chi connectivity index (χ2v) is 10.3. The minimum absolute atomic E-state index is 0.0350. The van der Waals surface area contributed by atoms with Gasteiger partial charge in [-0.1, -0.05) is 44.2 Å². The van der Waals surface area contributed by atoms with E-state index in [2.05, 4.69) is 5.32 Å². The van der Waals surface area contributed by atoms with E-state index in [1.165, 1.54) is 6.07 Å². The number of rotatable bonds is 11. The van der Waals surface area contributed by atoms with Gasteiger partial charge in [-0.3, -0.25) is 9.59 Å². The molecule has 5 N–H and O–H groups in total. The number of halogens is 4. The molecule has 0 spiro atoms. The zero-order chi connectivity index (χ0) is 32.3. The second kappa shape index (κ2) is 15.9. The number of nitrogens with zero attached hydrogens (tertiary/aromatic N) is 1. The molecular weight excluding hydrogens is 578 g/mol. The molecule has 1 aliphatic rings. The number of amides is 2. The topological polar surface area (TPSA) is 159 Å². The van der Waals surface area contributed by atoms with Gasteiger partial charge in [-0.05, 0) is 48.6 Å². The van der Waals surface area contributed by atoms with Gasteiger partial charge in [0.1, 0.15) is 17.6 Å². The minimum atomic E-state index is -5.08. The lowest BCUT2D eigenvalue weighted by Crippen LogP contribution is -2.47. The Balaban J connectivity index is 0.000000821. The minimum Gasteiger partial charge on any atom is -0.478 e. The molecule has 0 aromatic heterocycles. The van der Waals surface area contributed by atoms with Crippen LogP contribution in [0.2, 0.25) is 0 Å². The molecule has 1 unspecified atom stereocenters. The number of aliphatic carboxylic acids is 2. The van der Waals surface area contributed by atoms with Crippen LogP contribution >= 0.6 is 0 Å². The molecule has 3 atom stereocenters. The molecule has 3 rings (SSSR count). The fourth-order valence-electron chi connectivity index (χ4n) is 4.31. The number of carboxylic acids is 2. The summed E-state index contributed by atoms with van der Waals surface area (Å²) in [7, 11) is 0. The van der Waals surface area contributed by atoms with Crippen LogP contribution in [0.25, 0.3) is 0 Å². The molecule has 2 aromatic carbocycles. The normalized spacial score (nSPS) is 16.1. The van der Waals surface area contributed by atoms with E-state index in [0.717, 1.165) is 12.0 Å². The van der Waals surface area contributed by atoms with Gasteiger partial charge in [0.25, 0.3) is 0 Å². The number of carbonyl (C=O) groups is 4. The Bertz CT molecular complexity index is 1260. The van der Waals surface area contributed by atoms with Crippen LogP contribution in [0.15, 0.2) is 48.5 Å². The third kappa shape index (κ3) is 11.2. The van der Waals surface area contributed by atoms with Crippen molar-refractivity contribution in [2.75, 3.05) is 6.54 Å². The third-order valence-corrected chi connectivity index (χ3v) is 6.50. The Morgan fingerprint density at radius 3 is 2.21 bits per heavy atom. The van der Waals surface area contributed by atoms with Crippen LogP contribution in [-0.2, 0) is 32.1 Å². The van der Waals surface area contributed by atoms with Crippen molar-refractivity contribution in [3.63, 3.8) is 0 Å². The van der Waals surface area contributed by atoms with E-state index in [9.17, 15) is 37.1 Å². The molecule has 1 heterocycles. The number of alkyl halides is 3. The van der Waals surface area contributed by atoms with Gasteiger partial charge in [-0.2, -0.15) is 13.2 Å². The van der Waals surface area contributed by atoms with E-state index in [-0.39, 0.29) is 42.9 Å². The first-order chi connectivity index (χ1) is 20.1. The Morgan fingerprint density at radius 2 is 1.67 bits per heavy atom. The lowest BCUT2D eigenvalue weighted by atomic mass is 10.0. The van der Waals surface area contributed by atoms with Crippen molar-refractivity contribution in [2.24, 2.45) is 11.7 Å². The van der Waals surface area contributed by atoms with Crippen LogP contribution in [-0.4, -0.2) is 69.8 Å². The molecule has 236 valence electrons. The number of carboxylic acid groups (broad SMARTS) is 2. The fourth-order valence-corrected chi connectivity index (χ4v) is 4.31. The van der Waals surface area contributed by atoms with Crippen molar-refractivity contribution in [3.8, 4) is 5.75 Å². The molecule has 1 aliphatic heterocycles. The van der Waals surface area contributed by atoms with Crippen LogP contribution in [0.3, 0.4) is 0 Å². The summed E-state index contributed by atoms with van der Waals surface area (Å²) in [6.45, 7) is 4.29. The van der Waals surface area contributed by atoms with Crippen LogP contribution < -0.4 is 15.8 Å². The Morgan fingerprint density at radius 1 is 1.07 bits per heavy atom. The summed E-state index contributed by atoms with van der Waals surface area (Å²) in [4.78, 5) is 47.5. The maximum Gasteiger partial charge on any atom is 0.490 e. The first-order valence-electron chi connectivity index (χ1n) is 13.4. The number of benzene rings is 2. The highest BCUT2D eigenvalue weighted by Gasteiger charge is 2.38. The predicted octanol–water partition coefficient (Wildman–Crippen LogP) is 3.51. The van der Waals surface area contributed by atoms with Crippen molar-refractivity contribution < 1.29 is 51.7 Å². The van der Waals surface area contributed by atoms with Gasteiger partial charge in [-0.15, -0.1) is 0 Å². The zero-order valence-electron chi connectivity index (χ0n) is 23.6. The zero-order valence-corrected chi connectivity index (χ0v) is 23.6. The summed E-state index contributed by atoms with van der Waals surface area (Å²) in [5, 5.41) is 19.3. The highest BCUT2D eigenvalue weighted by molar-refractivity contribution is 5.88. The van der Waals surface area contributed by atoms with Crippen molar-refractivity contribution in [2.45, 2.75) is 70.4 Å². The van der Waals surface area contributed by atoms with Gasteiger partial charge in [0.05, 0.1) is 0 Å². The molecule has 14 heteroatoms. The maximum absolute atomic E-state index is 13.9. The molecule has 0 saturated carbocycles. The summed E-state index contributed by atoms with van der Waals surface area (Å²) < 4.78 is 51.2. The SMILES string of the molecule is CC(C)[C@@H](Oc1ccc(CNC(=O)[C@@H]2CCCN2C(=O)CC(N)Cc2ccccc2F)cc1)C(=O)O.O=C(O)C(F)(F)F. The number of carbonyl (C=O) groups excluding carboxylic acids is 2. The Kier molecular flexibility index (Phi) is 12.9. The maximum atomic E-state index is 13.9. The van der Waals surface area contributed by atoms with E-state index < -0.39 is 36.3 Å². The number of nitrogens with one attached hydrogen (secondary N) is 1. The molecule has 0 radical (unpaired) electrons. The monoisotopic (exact) mass is 613 g/mol. The van der Waals surface area contributed by atoms with E-state index in [0.29, 0.717) is 24.3 Å². The molecule has 43 heavy (non-hydrogen) atoms. The van der Waals surface area contributed by atoms with Crippen molar-refractivity contribution in [1.29, 1.82) is 0 Å². The smallest absolute Gasteiger partial charge is 0.478 e. The summed E-state index contributed by atoms with van der Waals surface area (Å²) >= 11 is 0. The molecular formula is C29H35F4N3O7. The van der Waals surface area contributed by atoms with Gasteiger partial charge < -0.3 is 30.9 Å². The molecule has 0 bridgehead atoms. The van der Waals surface area contributed by atoms with Gasteiger partial charge in [0.15, 0.2) is 6.10 Å². The molecule has 1 fully saturated rings. The first-order valence-corrected chi connectivity index (χ1v) is 13.4. The quantitative estimate of drug-likeness (QED) is 0.280. The first kappa shape index (κ1) is 35.0. The van der Waals surface area contributed by atoms with Gasteiger partial charge in [0, 0.05) is 31.5 Å². The van der Waals surface area contributed by atoms with Crippen molar-refractivity contribution in [3.05, 3.63) is 65.5 Å². The standard InChI is InChI=1S/C27H34FN3O5.C2HF3O2/c1-17(2)25(27(34)35)36-21-11-9-18(10-12-21)16-30-26(33)23-8-5-13-31(23)24(32)15-20(29)14-19-6-3-4-7-22(19)28;3-2(4,5)1(6)7/h3-4,6-7,9-12,17,20,23,25H,5,8,13-16,29H2,1-2H3,(H,30,33)(H,34,35);(H,6,7)/t20?,23-,25+;/m0./s1. The number of hydrogen-bond acceptors (Lipinski definition) is 6. The number of nitrogens with two attached hydrogens (primary N) is 1. The van der Waals surface area contributed by atoms with E-state index >= 15 is 0 Å². The number of hydrogen-bond donors (Lipinski definition) is 4. The summed E-state index contributed by atoms with van der Waals surface area (Å²) in [6.07, 6.45) is -4.46. The second-order valence-electron chi connectivity index (χ2n) is 10.3. The predicted molar refractivity (Wildman–Crippen MR) is 146 cm³/mol. The van der Waals surface area contributed by atoms with Crippen LogP contribution in [0.4, 0.5) is 17.6 Å². The lowest BCUT2D eigenvalue weighted by Gasteiger charge is -2.25. The molecule has 2 amide bonds. The molecule has 1 saturated heterocycles. The van der Waals surface area contributed by atoms with Crippen molar-refractivity contribution >= 4 is 23.8 Å². The van der Waals surface area contributed by atoms with E-state index in [1.54, 1.807) is 61.2 Å². The van der Waals surface area contributed by atoms with Gasteiger partial charge >= 0.3 is 18.1 Å². The van der Waals surface area contributed by atoms with Crippen LogP contribution in [0, 0.1) is 11.7 Å². The van der Waals surface area contributed by atoms with Gasteiger partial charge in [-0.25, -0.2) is 14.0 Å². The van der Waals surface area contributed by atoms with Crippen molar-refractivity contribution in [1.82, 2.24) is 10.2 Å². The third-order valence-electron chi connectivity index (χ3n) is 6.50. The highest BCUT2D eigenvalue weighted by Crippen LogP contribution is 2.21. The average molecular weight is 614 g/mol. The highest BCUT2D eigenvalue weighted by atomic mass is 19.4. The number of likely N-dealkylation sites (tertiary alicyclic amines) is 1. The van der Waals surface area contributed by atoms with E-state index in [4.69, 9.17) is 20.4 Å². The largest absolute Gasteiger partial charge is 0.490 e. The summed E-state index contributed by atoms with van der Waals surface area (Å²) in [6, 6.07) is 12.1. The Labute approximate surface area is 245 Å². The van der Waals surface area contributed by atoms with Gasteiger partial charge in [0.2, 0.25) is 11.8 Å². The van der Waals surface area contributed by atoms with Crippen LogP contribution in [0.5, 0.6) is 5.75 Å². The summed E-state index contributed by atoms with van der Waals surface area (Å²) in [5.74, 6) is -4.33. The average Bonchev–Trinajstić information content (AvgIpc) is 3.42. The number of ether oxygens (including phenoxy) is 1. The molecule has 2 aromatic rings. The Hall–Kier alpha value is -4.20. The lowest BCUT2D eigenvalue weighted by molar-refractivity contribution is -0.192. The summed E-state index contributed by atoms with van der Waals surface area (Å²) in [5.41, 5.74) is 7.40. The molecule has 0 aliphatic carbocycles. The molecule has 10 nitrogen and oxygen atoms in total. The van der Waals surface area contributed by atoms with E-state index in [1.807, 2.05) is 0 Å². The van der Waals surface area contributed by atoms with Crippen LogP contribution in [0.1, 0.15) is 44.2 Å². The fraction of sp³-hybridized carbons (Fsp3) is 0.448.